The van der Waals surface area contributed by atoms with Crippen LogP contribution in [0.5, 0.6) is 0 Å². The quantitative estimate of drug-likeness (QED) is 0.946. The Kier molecular flexibility index (Phi) is 3.36. The van der Waals surface area contributed by atoms with Gasteiger partial charge >= 0.3 is 0 Å². The van der Waals surface area contributed by atoms with Crippen LogP contribution in [0.1, 0.15) is 17.7 Å². The normalized spacial score (nSPS) is 29.1. The van der Waals surface area contributed by atoms with Gasteiger partial charge in [0.2, 0.25) is 0 Å². The Morgan fingerprint density at radius 2 is 2.24 bits per heavy atom. The maximum absolute atomic E-state index is 6.22. The molecule has 5 heteroatoms. The third kappa shape index (κ3) is 2.54. The van der Waals surface area contributed by atoms with Crippen LogP contribution in [-0.2, 0) is 13.6 Å². The van der Waals surface area contributed by atoms with E-state index in [-0.39, 0.29) is 0 Å². The Balaban J connectivity index is 1.43. The number of nitrogens with zero attached hydrogens (tertiary/aromatic N) is 3. The molecule has 0 spiro atoms. The van der Waals surface area contributed by atoms with Gasteiger partial charge in [-0.3, -0.25) is 9.58 Å². The van der Waals surface area contributed by atoms with Crippen LogP contribution >= 0.6 is 11.3 Å². The van der Waals surface area contributed by atoms with Gasteiger partial charge in [-0.2, -0.15) is 5.10 Å². The SMILES string of the molecule is Cn1cc(-c2ccc(CN3CC4CCC(N)C4C3)s2)cn1. The van der Waals surface area contributed by atoms with Crippen LogP contribution in [0.15, 0.2) is 24.5 Å². The molecular formula is C16H22N4S. The topological polar surface area (TPSA) is 47.1 Å². The lowest BCUT2D eigenvalue weighted by molar-refractivity contribution is 0.301. The molecule has 1 aliphatic carbocycles. The monoisotopic (exact) mass is 302 g/mol. The van der Waals surface area contributed by atoms with E-state index in [1.54, 1.807) is 0 Å². The van der Waals surface area contributed by atoms with Gasteiger partial charge in [-0.05, 0) is 36.8 Å². The van der Waals surface area contributed by atoms with Crippen molar-refractivity contribution in [1.29, 1.82) is 0 Å². The molecule has 0 aromatic carbocycles. The summed E-state index contributed by atoms with van der Waals surface area (Å²) in [4.78, 5) is 5.35. The minimum absolute atomic E-state index is 0.439. The maximum Gasteiger partial charge on any atom is 0.0576 e. The number of aryl methyl sites for hydroxylation is 1. The van der Waals surface area contributed by atoms with Gasteiger partial charge in [0.1, 0.15) is 0 Å². The van der Waals surface area contributed by atoms with Crippen molar-refractivity contribution in [2.24, 2.45) is 24.6 Å². The molecule has 0 amide bonds. The highest BCUT2D eigenvalue weighted by Crippen LogP contribution is 2.38. The first-order valence-electron chi connectivity index (χ1n) is 7.75. The molecule has 3 atom stereocenters. The average molecular weight is 302 g/mol. The van der Waals surface area contributed by atoms with Crippen molar-refractivity contribution in [3.8, 4) is 10.4 Å². The molecule has 2 aromatic rings. The Labute approximate surface area is 129 Å². The summed E-state index contributed by atoms with van der Waals surface area (Å²) in [7, 11) is 1.96. The van der Waals surface area contributed by atoms with Crippen LogP contribution in [0, 0.1) is 11.8 Å². The van der Waals surface area contributed by atoms with Gasteiger partial charge in [0.15, 0.2) is 0 Å². The van der Waals surface area contributed by atoms with E-state index in [2.05, 4.69) is 28.3 Å². The highest BCUT2D eigenvalue weighted by atomic mass is 32.1. The van der Waals surface area contributed by atoms with E-state index in [1.807, 2.05) is 29.3 Å². The fraction of sp³-hybridized carbons (Fsp3) is 0.562. The number of aromatic nitrogens is 2. The number of rotatable bonds is 3. The molecule has 2 N–H and O–H groups in total. The van der Waals surface area contributed by atoms with Crippen molar-refractivity contribution >= 4 is 11.3 Å². The third-order valence-electron chi connectivity index (χ3n) is 5.02. The second-order valence-corrected chi connectivity index (χ2v) is 7.70. The van der Waals surface area contributed by atoms with Crippen molar-refractivity contribution in [2.45, 2.75) is 25.4 Å². The molecule has 2 fully saturated rings. The summed E-state index contributed by atoms with van der Waals surface area (Å²) in [6, 6.07) is 4.93. The number of hydrogen-bond donors (Lipinski definition) is 1. The van der Waals surface area contributed by atoms with Crippen LogP contribution in [0.25, 0.3) is 10.4 Å². The molecule has 2 aromatic heterocycles. The van der Waals surface area contributed by atoms with Crippen molar-refractivity contribution in [3.05, 3.63) is 29.4 Å². The smallest absolute Gasteiger partial charge is 0.0576 e. The second-order valence-electron chi connectivity index (χ2n) is 6.53. The first kappa shape index (κ1) is 13.5. The first-order chi connectivity index (χ1) is 10.2. The molecule has 3 heterocycles. The Morgan fingerprint density at radius 1 is 1.33 bits per heavy atom. The Hall–Kier alpha value is -1.17. The molecule has 0 radical (unpaired) electrons. The highest BCUT2D eigenvalue weighted by molar-refractivity contribution is 7.15. The first-order valence-corrected chi connectivity index (χ1v) is 8.56. The van der Waals surface area contributed by atoms with Crippen LogP contribution < -0.4 is 5.73 Å². The van der Waals surface area contributed by atoms with E-state index < -0.39 is 0 Å². The fourth-order valence-corrected chi connectivity index (χ4v) is 4.94. The van der Waals surface area contributed by atoms with Crippen LogP contribution in [0.4, 0.5) is 0 Å². The second kappa shape index (κ2) is 5.23. The van der Waals surface area contributed by atoms with Crippen molar-refractivity contribution in [1.82, 2.24) is 14.7 Å². The number of nitrogens with two attached hydrogens (primary N) is 1. The van der Waals surface area contributed by atoms with E-state index in [9.17, 15) is 0 Å². The fourth-order valence-electron chi connectivity index (χ4n) is 3.92. The maximum atomic E-state index is 6.22. The van der Waals surface area contributed by atoms with E-state index >= 15 is 0 Å². The standard InChI is InChI=1S/C16H22N4S/c1-19-7-12(6-18-19)16-5-3-13(21-16)9-20-8-11-2-4-15(17)14(11)10-20/h3,5-7,11,14-15H,2,4,8-10,17H2,1H3. The number of likely N-dealkylation sites (tertiary alicyclic amines) is 1. The van der Waals surface area contributed by atoms with Gasteiger partial charge < -0.3 is 5.73 Å². The Morgan fingerprint density at radius 3 is 3.00 bits per heavy atom. The van der Waals surface area contributed by atoms with Gasteiger partial charge in [0, 0.05) is 54.2 Å². The predicted molar refractivity (Wildman–Crippen MR) is 86.0 cm³/mol. The third-order valence-corrected chi connectivity index (χ3v) is 6.14. The van der Waals surface area contributed by atoms with Crippen LogP contribution in [-0.4, -0.2) is 33.8 Å². The van der Waals surface area contributed by atoms with E-state index in [1.165, 1.54) is 41.2 Å². The van der Waals surface area contributed by atoms with Crippen molar-refractivity contribution in [2.75, 3.05) is 13.1 Å². The summed E-state index contributed by atoms with van der Waals surface area (Å²) in [6.45, 7) is 3.50. The highest BCUT2D eigenvalue weighted by Gasteiger charge is 2.40. The van der Waals surface area contributed by atoms with Crippen LogP contribution in [0.2, 0.25) is 0 Å². The minimum atomic E-state index is 0.439. The predicted octanol–water partition coefficient (Wildman–Crippen LogP) is 2.32. The molecule has 4 rings (SSSR count). The van der Waals surface area contributed by atoms with Gasteiger partial charge in [-0.1, -0.05) is 0 Å². The number of thiophene rings is 1. The summed E-state index contributed by atoms with van der Waals surface area (Å²) in [5.74, 6) is 1.58. The minimum Gasteiger partial charge on any atom is -0.327 e. The lowest BCUT2D eigenvalue weighted by Crippen LogP contribution is -2.30. The van der Waals surface area contributed by atoms with E-state index in [0.29, 0.717) is 6.04 Å². The molecule has 2 aliphatic rings. The number of hydrogen-bond acceptors (Lipinski definition) is 4. The Bertz CT molecular complexity index is 632. The molecule has 0 bridgehead atoms. The van der Waals surface area contributed by atoms with Crippen molar-refractivity contribution < 1.29 is 0 Å². The molecule has 1 saturated carbocycles. The summed E-state index contributed by atoms with van der Waals surface area (Å²) >= 11 is 1.89. The van der Waals surface area contributed by atoms with Gasteiger partial charge in [-0.25, -0.2) is 0 Å². The summed E-state index contributed by atoms with van der Waals surface area (Å²) in [5.41, 5.74) is 7.44. The van der Waals surface area contributed by atoms with Crippen molar-refractivity contribution in [3.63, 3.8) is 0 Å². The summed E-state index contributed by atoms with van der Waals surface area (Å²) < 4.78 is 1.86. The zero-order valence-electron chi connectivity index (χ0n) is 12.4. The molecule has 1 aliphatic heterocycles. The van der Waals surface area contributed by atoms with Gasteiger partial charge in [-0.15, -0.1) is 11.3 Å². The molecule has 4 nitrogen and oxygen atoms in total. The van der Waals surface area contributed by atoms with E-state index in [0.717, 1.165) is 18.4 Å². The molecular weight excluding hydrogens is 280 g/mol. The van der Waals surface area contributed by atoms with Crippen LogP contribution in [0.3, 0.4) is 0 Å². The van der Waals surface area contributed by atoms with Gasteiger partial charge in [0.25, 0.3) is 0 Å². The van der Waals surface area contributed by atoms with Gasteiger partial charge in [0.05, 0.1) is 6.20 Å². The summed E-state index contributed by atoms with van der Waals surface area (Å²) in [6.07, 6.45) is 6.57. The molecule has 21 heavy (non-hydrogen) atoms. The number of fused-ring (bicyclic) bond motifs is 1. The summed E-state index contributed by atoms with van der Waals surface area (Å²) in [5, 5.41) is 4.25. The zero-order valence-corrected chi connectivity index (χ0v) is 13.2. The lowest BCUT2D eigenvalue weighted by atomic mass is 9.98. The average Bonchev–Trinajstić information content (AvgIpc) is 3.18. The molecule has 3 unspecified atom stereocenters. The molecule has 112 valence electrons. The zero-order chi connectivity index (χ0) is 14.4. The van der Waals surface area contributed by atoms with E-state index in [4.69, 9.17) is 5.73 Å². The lowest BCUT2D eigenvalue weighted by Gasteiger charge is -2.17. The molecule has 1 saturated heterocycles. The largest absolute Gasteiger partial charge is 0.327 e.